The maximum Gasteiger partial charge on any atom is 0.416 e. The van der Waals surface area contributed by atoms with Crippen molar-refractivity contribution in [2.75, 3.05) is 11.1 Å². The Labute approximate surface area is 145 Å². The smallest absolute Gasteiger partial charge is 0.416 e. The van der Waals surface area contributed by atoms with Gasteiger partial charge in [0.25, 0.3) is 5.91 Å². The summed E-state index contributed by atoms with van der Waals surface area (Å²) >= 11 is 0. The SMILES string of the molecule is C[C@@H](OC(=O)c1ccc(C(F)(F)F)cc1N)C(=O)Nc1ccc(F)cc1. The van der Waals surface area contributed by atoms with E-state index in [0.29, 0.717) is 12.1 Å². The Bertz CT molecular complexity index is 820. The van der Waals surface area contributed by atoms with Crippen molar-refractivity contribution < 1.29 is 31.9 Å². The highest BCUT2D eigenvalue weighted by Gasteiger charge is 2.31. The molecule has 0 unspecified atom stereocenters. The Hall–Kier alpha value is -3.10. The fraction of sp³-hybridized carbons (Fsp3) is 0.176. The molecule has 0 saturated carbocycles. The van der Waals surface area contributed by atoms with Crippen LogP contribution in [0.5, 0.6) is 0 Å². The van der Waals surface area contributed by atoms with E-state index in [2.05, 4.69) is 5.32 Å². The standard InChI is InChI=1S/C17H14F4N2O3/c1-9(15(24)23-12-5-3-11(18)4-6-12)26-16(25)13-7-2-10(8-14(13)22)17(19,20)21/h2-9H,22H2,1H3,(H,23,24)/t9-/m1/s1. The van der Waals surface area contributed by atoms with Crippen LogP contribution >= 0.6 is 0 Å². The van der Waals surface area contributed by atoms with Crippen LogP contribution in [-0.2, 0) is 15.7 Å². The van der Waals surface area contributed by atoms with Crippen molar-refractivity contribution in [3.05, 3.63) is 59.4 Å². The molecule has 0 bridgehead atoms. The molecule has 0 aliphatic carbocycles. The zero-order valence-electron chi connectivity index (χ0n) is 13.4. The summed E-state index contributed by atoms with van der Waals surface area (Å²) in [5, 5.41) is 2.41. The second kappa shape index (κ2) is 7.42. The molecule has 0 aromatic heterocycles. The monoisotopic (exact) mass is 370 g/mol. The van der Waals surface area contributed by atoms with Crippen LogP contribution < -0.4 is 11.1 Å². The van der Waals surface area contributed by atoms with Gasteiger partial charge in [0.05, 0.1) is 11.1 Å². The summed E-state index contributed by atoms with van der Waals surface area (Å²) in [5.41, 5.74) is 4.04. The van der Waals surface area contributed by atoms with Gasteiger partial charge in [-0.25, -0.2) is 9.18 Å². The average molecular weight is 370 g/mol. The molecule has 0 saturated heterocycles. The van der Waals surface area contributed by atoms with Gasteiger partial charge in [-0.3, -0.25) is 4.79 Å². The number of carbonyl (C=O) groups excluding carboxylic acids is 2. The summed E-state index contributed by atoms with van der Waals surface area (Å²) in [7, 11) is 0. The van der Waals surface area contributed by atoms with E-state index in [0.717, 1.165) is 18.2 Å². The first-order valence-corrected chi connectivity index (χ1v) is 7.32. The number of nitrogens with one attached hydrogen (secondary N) is 1. The van der Waals surface area contributed by atoms with Gasteiger partial charge in [-0.2, -0.15) is 13.2 Å². The van der Waals surface area contributed by atoms with Crippen LogP contribution in [0.3, 0.4) is 0 Å². The summed E-state index contributed by atoms with van der Waals surface area (Å²) in [6.07, 6.45) is -5.85. The minimum Gasteiger partial charge on any atom is -0.449 e. The number of benzene rings is 2. The van der Waals surface area contributed by atoms with E-state index in [4.69, 9.17) is 10.5 Å². The Kier molecular flexibility index (Phi) is 5.49. The van der Waals surface area contributed by atoms with Gasteiger partial charge in [0, 0.05) is 11.4 Å². The average Bonchev–Trinajstić information content (AvgIpc) is 2.55. The molecule has 1 atom stereocenters. The Morgan fingerprint density at radius 2 is 1.73 bits per heavy atom. The number of nitrogen functional groups attached to an aromatic ring is 1. The number of rotatable bonds is 4. The molecule has 138 valence electrons. The van der Waals surface area contributed by atoms with Gasteiger partial charge in [0.2, 0.25) is 0 Å². The normalized spacial score (nSPS) is 12.3. The van der Waals surface area contributed by atoms with Crippen LogP contribution in [0.2, 0.25) is 0 Å². The molecule has 2 aromatic rings. The van der Waals surface area contributed by atoms with Crippen LogP contribution in [0.15, 0.2) is 42.5 Å². The number of hydrogen-bond acceptors (Lipinski definition) is 4. The maximum atomic E-state index is 12.8. The molecule has 5 nitrogen and oxygen atoms in total. The van der Waals surface area contributed by atoms with E-state index in [1.54, 1.807) is 0 Å². The minimum atomic E-state index is -4.60. The van der Waals surface area contributed by atoms with Gasteiger partial charge >= 0.3 is 12.1 Å². The number of hydrogen-bond donors (Lipinski definition) is 2. The quantitative estimate of drug-likeness (QED) is 0.489. The molecule has 0 heterocycles. The van der Waals surface area contributed by atoms with Crippen molar-refractivity contribution in [2.45, 2.75) is 19.2 Å². The third-order valence-electron chi connectivity index (χ3n) is 3.36. The number of ether oxygens (including phenoxy) is 1. The first-order valence-electron chi connectivity index (χ1n) is 7.32. The second-order valence-corrected chi connectivity index (χ2v) is 5.34. The molecular weight excluding hydrogens is 356 g/mol. The van der Waals surface area contributed by atoms with Gasteiger partial charge in [-0.1, -0.05) is 0 Å². The van der Waals surface area contributed by atoms with Crippen molar-refractivity contribution in [2.24, 2.45) is 0 Å². The Morgan fingerprint density at radius 1 is 1.12 bits per heavy atom. The molecule has 0 radical (unpaired) electrons. The van der Waals surface area contributed by atoms with Gasteiger partial charge in [0.1, 0.15) is 5.82 Å². The number of halogens is 4. The van der Waals surface area contributed by atoms with Gasteiger partial charge in [-0.05, 0) is 49.4 Å². The fourth-order valence-electron chi connectivity index (χ4n) is 1.98. The molecule has 2 aromatic carbocycles. The second-order valence-electron chi connectivity index (χ2n) is 5.34. The highest BCUT2D eigenvalue weighted by atomic mass is 19.4. The first-order chi connectivity index (χ1) is 12.1. The molecule has 0 aliphatic rings. The van der Waals surface area contributed by atoms with Crippen LogP contribution in [-0.4, -0.2) is 18.0 Å². The first kappa shape index (κ1) is 19.2. The lowest BCUT2D eigenvalue weighted by molar-refractivity contribution is -0.137. The van der Waals surface area contributed by atoms with Crippen LogP contribution in [0, 0.1) is 5.82 Å². The summed E-state index contributed by atoms with van der Waals surface area (Å²) in [4.78, 5) is 24.0. The Balaban J connectivity index is 2.04. The Morgan fingerprint density at radius 3 is 2.27 bits per heavy atom. The molecule has 0 spiro atoms. The third-order valence-corrected chi connectivity index (χ3v) is 3.36. The summed E-state index contributed by atoms with van der Waals surface area (Å²) in [5.74, 6) is -2.23. The lowest BCUT2D eigenvalue weighted by atomic mass is 10.1. The third kappa shape index (κ3) is 4.71. The van der Waals surface area contributed by atoms with Crippen molar-refractivity contribution >= 4 is 23.3 Å². The van der Waals surface area contributed by atoms with E-state index in [1.807, 2.05) is 0 Å². The van der Waals surface area contributed by atoms with Gasteiger partial charge in [-0.15, -0.1) is 0 Å². The number of nitrogens with two attached hydrogens (primary N) is 1. The molecule has 2 rings (SSSR count). The fourth-order valence-corrected chi connectivity index (χ4v) is 1.98. The molecule has 9 heteroatoms. The summed E-state index contributed by atoms with van der Waals surface area (Å²) in [6, 6.07) is 7.08. The molecule has 26 heavy (non-hydrogen) atoms. The van der Waals surface area contributed by atoms with Crippen molar-refractivity contribution in [1.82, 2.24) is 0 Å². The predicted molar refractivity (Wildman–Crippen MR) is 85.8 cm³/mol. The molecule has 3 N–H and O–H groups in total. The maximum absolute atomic E-state index is 12.8. The number of esters is 1. The number of amides is 1. The lowest BCUT2D eigenvalue weighted by Gasteiger charge is -2.15. The molecule has 0 fully saturated rings. The number of alkyl halides is 3. The zero-order valence-corrected chi connectivity index (χ0v) is 13.4. The van der Waals surface area contributed by atoms with Crippen LogP contribution in [0.4, 0.5) is 28.9 Å². The summed E-state index contributed by atoms with van der Waals surface area (Å²) < 4.78 is 55.5. The molecule has 1 amide bonds. The van der Waals surface area contributed by atoms with E-state index in [9.17, 15) is 27.2 Å². The van der Waals surface area contributed by atoms with Gasteiger partial charge < -0.3 is 15.8 Å². The minimum absolute atomic E-state index is 0.286. The largest absolute Gasteiger partial charge is 0.449 e. The van der Waals surface area contributed by atoms with Crippen LogP contribution in [0.1, 0.15) is 22.8 Å². The summed E-state index contributed by atoms with van der Waals surface area (Å²) in [6.45, 7) is 1.27. The highest BCUT2D eigenvalue weighted by Crippen LogP contribution is 2.31. The molecule has 0 aliphatic heterocycles. The van der Waals surface area contributed by atoms with Crippen molar-refractivity contribution in [3.8, 4) is 0 Å². The number of carbonyl (C=O) groups is 2. The predicted octanol–water partition coefficient (Wildman–Crippen LogP) is 3.61. The van der Waals surface area contributed by atoms with E-state index < -0.39 is 41.2 Å². The number of anilines is 2. The van der Waals surface area contributed by atoms with E-state index in [1.165, 1.54) is 19.1 Å². The highest BCUT2D eigenvalue weighted by molar-refractivity contribution is 5.99. The van der Waals surface area contributed by atoms with Gasteiger partial charge in [0.15, 0.2) is 6.10 Å². The topological polar surface area (TPSA) is 81.4 Å². The lowest BCUT2D eigenvalue weighted by Crippen LogP contribution is -2.30. The zero-order chi connectivity index (χ0) is 19.5. The van der Waals surface area contributed by atoms with Crippen LogP contribution in [0.25, 0.3) is 0 Å². The van der Waals surface area contributed by atoms with Crippen molar-refractivity contribution in [1.29, 1.82) is 0 Å². The van der Waals surface area contributed by atoms with E-state index >= 15 is 0 Å². The van der Waals surface area contributed by atoms with E-state index in [-0.39, 0.29) is 11.3 Å². The molecular formula is C17H14F4N2O3. The van der Waals surface area contributed by atoms with Crippen molar-refractivity contribution in [3.63, 3.8) is 0 Å².